The number of methoxy groups -OCH3 is 1. The smallest absolute Gasteiger partial charge is 0.0831 e. The number of ether oxygens (including phenoxy) is 1. The fraction of sp³-hybridized carbons (Fsp3) is 0.778. The van der Waals surface area contributed by atoms with Crippen LogP contribution in [0.3, 0.4) is 0 Å². The van der Waals surface area contributed by atoms with Gasteiger partial charge >= 0.3 is 0 Å². The van der Waals surface area contributed by atoms with Crippen molar-refractivity contribution >= 4 is 11.5 Å². The molecule has 2 rings (SSSR count). The Balaban J connectivity index is 1.80. The maximum atomic E-state index is 4.96. The topological polar surface area (TPSA) is 47.0 Å². The highest BCUT2D eigenvalue weighted by molar-refractivity contribution is 7.05. The summed E-state index contributed by atoms with van der Waals surface area (Å²) in [4.78, 5) is 1.30. The molecule has 14 heavy (non-hydrogen) atoms. The average molecular weight is 213 g/mol. The van der Waals surface area contributed by atoms with E-state index in [1.165, 1.54) is 34.9 Å². The van der Waals surface area contributed by atoms with E-state index in [4.69, 9.17) is 4.74 Å². The molecule has 1 aliphatic rings. The van der Waals surface area contributed by atoms with Crippen LogP contribution in [0.25, 0.3) is 0 Å². The maximum Gasteiger partial charge on any atom is 0.0831 e. The van der Waals surface area contributed by atoms with Gasteiger partial charge in [-0.2, -0.15) is 0 Å². The van der Waals surface area contributed by atoms with E-state index in [1.54, 1.807) is 7.11 Å². The van der Waals surface area contributed by atoms with Crippen LogP contribution in [0.4, 0.5) is 0 Å². The van der Waals surface area contributed by atoms with Crippen molar-refractivity contribution in [3.63, 3.8) is 0 Å². The molecule has 5 heteroatoms. The predicted octanol–water partition coefficient (Wildman–Crippen LogP) is 1.15. The van der Waals surface area contributed by atoms with E-state index in [1.807, 2.05) is 0 Å². The van der Waals surface area contributed by atoms with Crippen molar-refractivity contribution in [2.45, 2.75) is 25.3 Å². The number of nitrogens with zero attached hydrogens (tertiary/aromatic N) is 2. The number of rotatable bonds is 6. The van der Waals surface area contributed by atoms with E-state index in [-0.39, 0.29) is 0 Å². The third-order valence-corrected chi connectivity index (χ3v) is 3.05. The third kappa shape index (κ3) is 2.50. The zero-order chi connectivity index (χ0) is 9.80. The second-order valence-electron chi connectivity index (χ2n) is 3.53. The summed E-state index contributed by atoms with van der Waals surface area (Å²) >= 11 is 1.51. The molecule has 0 spiro atoms. The summed E-state index contributed by atoms with van der Waals surface area (Å²) in [7, 11) is 1.71. The molecule has 1 aliphatic carbocycles. The first-order chi connectivity index (χ1) is 6.92. The van der Waals surface area contributed by atoms with Gasteiger partial charge in [0.25, 0.3) is 0 Å². The van der Waals surface area contributed by atoms with Gasteiger partial charge in [-0.1, -0.05) is 4.49 Å². The van der Waals surface area contributed by atoms with Gasteiger partial charge in [0, 0.05) is 26.1 Å². The molecule has 1 fully saturated rings. The standard InChI is InChI=1S/C9H15N3OS/c1-13-5-4-10-6-8-9(7-2-3-7)11-12-14-8/h7,10H,2-6H2,1H3. The van der Waals surface area contributed by atoms with E-state index in [2.05, 4.69) is 14.9 Å². The second kappa shape index (κ2) is 4.82. The molecule has 78 valence electrons. The van der Waals surface area contributed by atoms with Crippen molar-refractivity contribution in [3.8, 4) is 0 Å². The van der Waals surface area contributed by atoms with Crippen LogP contribution in [0.5, 0.6) is 0 Å². The molecule has 0 aliphatic heterocycles. The molecule has 0 aromatic carbocycles. The Labute approximate surface area is 87.8 Å². The fourth-order valence-electron chi connectivity index (χ4n) is 1.38. The largest absolute Gasteiger partial charge is 0.383 e. The summed E-state index contributed by atoms with van der Waals surface area (Å²) in [5.41, 5.74) is 1.22. The zero-order valence-corrected chi connectivity index (χ0v) is 9.14. The van der Waals surface area contributed by atoms with Gasteiger partial charge < -0.3 is 10.1 Å². The summed E-state index contributed by atoms with van der Waals surface area (Å²) in [6.45, 7) is 2.52. The summed E-state index contributed by atoms with van der Waals surface area (Å²) in [5, 5.41) is 7.49. The molecular formula is C9H15N3OS. The lowest BCUT2D eigenvalue weighted by Gasteiger charge is -2.02. The van der Waals surface area contributed by atoms with Crippen molar-refractivity contribution in [3.05, 3.63) is 10.6 Å². The van der Waals surface area contributed by atoms with Crippen molar-refractivity contribution in [1.82, 2.24) is 14.9 Å². The zero-order valence-electron chi connectivity index (χ0n) is 8.32. The third-order valence-electron chi connectivity index (χ3n) is 2.32. The molecule has 0 bridgehead atoms. The molecule has 1 aromatic heterocycles. The highest BCUT2D eigenvalue weighted by Crippen LogP contribution is 2.41. The minimum Gasteiger partial charge on any atom is -0.383 e. The molecule has 0 unspecified atom stereocenters. The minimum atomic E-state index is 0.702. The molecule has 0 amide bonds. The lowest BCUT2D eigenvalue weighted by atomic mass is 10.2. The van der Waals surface area contributed by atoms with Gasteiger partial charge in [-0.3, -0.25) is 0 Å². The maximum absolute atomic E-state index is 4.96. The van der Waals surface area contributed by atoms with Crippen LogP contribution in [0.1, 0.15) is 29.3 Å². The molecular weight excluding hydrogens is 198 g/mol. The van der Waals surface area contributed by atoms with Crippen LogP contribution in [-0.2, 0) is 11.3 Å². The summed E-state index contributed by atoms with van der Waals surface area (Å²) < 4.78 is 8.96. The van der Waals surface area contributed by atoms with Crippen LogP contribution >= 0.6 is 11.5 Å². The molecule has 0 saturated heterocycles. The van der Waals surface area contributed by atoms with Crippen LogP contribution in [0.15, 0.2) is 0 Å². The highest BCUT2D eigenvalue weighted by atomic mass is 32.1. The Bertz CT molecular complexity index is 285. The predicted molar refractivity (Wildman–Crippen MR) is 55.5 cm³/mol. The van der Waals surface area contributed by atoms with Crippen LogP contribution in [0, 0.1) is 0 Å². The van der Waals surface area contributed by atoms with Gasteiger partial charge in [0.2, 0.25) is 0 Å². The first-order valence-electron chi connectivity index (χ1n) is 4.92. The Morgan fingerprint density at radius 1 is 1.57 bits per heavy atom. The number of hydrogen-bond acceptors (Lipinski definition) is 5. The highest BCUT2D eigenvalue weighted by Gasteiger charge is 2.28. The lowest BCUT2D eigenvalue weighted by Crippen LogP contribution is -2.18. The minimum absolute atomic E-state index is 0.702. The first kappa shape index (κ1) is 10.0. The van der Waals surface area contributed by atoms with Gasteiger partial charge in [0.1, 0.15) is 0 Å². The number of hydrogen-bond donors (Lipinski definition) is 1. The SMILES string of the molecule is COCCNCc1snnc1C1CC1. The first-order valence-corrected chi connectivity index (χ1v) is 5.70. The van der Waals surface area contributed by atoms with Crippen molar-refractivity contribution in [1.29, 1.82) is 0 Å². The Hall–Kier alpha value is -0.520. The van der Waals surface area contributed by atoms with Crippen molar-refractivity contribution in [2.75, 3.05) is 20.3 Å². The molecule has 4 nitrogen and oxygen atoms in total. The van der Waals surface area contributed by atoms with E-state index in [0.29, 0.717) is 5.92 Å². The summed E-state index contributed by atoms with van der Waals surface area (Å²) in [6.07, 6.45) is 2.58. The Morgan fingerprint density at radius 2 is 2.43 bits per heavy atom. The summed E-state index contributed by atoms with van der Waals surface area (Å²) in [6, 6.07) is 0. The van der Waals surface area contributed by atoms with Gasteiger partial charge in [-0.05, 0) is 24.4 Å². The average Bonchev–Trinajstić information content (AvgIpc) is 2.94. The molecule has 0 atom stereocenters. The molecule has 1 saturated carbocycles. The lowest BCUT2D eigenvalue weighted by molar-refractivity contribution is 0.199. The molecule has 1 N–H and O–H groups in total. The fourth-order valence-corrected chi connectivity index (χ4v) is 2.08. The molecule has 0 radical (unpaired) electrons. The van der Waals surface area contributed by atoms with E-state index in [0.717, 1.165) is 19.7 Å². The Morgan fingerprint density at radius 3 is 3.14 bits per heavy atom. The van der Waals surface area contributed by atoms with Crippen LogP contribution in [0.2, 0.25) is 0 Å². The normalized spacial score (nSPS) is 16.1. The van der Waals surface area contributed by atoms with Gasteiger partial charge in [-0.15, -0.1) is 5.10 Å². The van der Waals surface area contributed by atoms with E-state index >= 15 is 0 Å². The van der Waals surface area contributed by atoms with Crippen molar-refractivity contribution < 1.29 is 4.74 Å². The number of nitrogens with one attached hydrogen (secondary N) is 1. The van der Waals surface area contributed by atoms with Crippen LogP contribution < -0.4 is 5.32 Å². The molecule has 1 heterocycles. The van der Waals surface area contributed by atoms with Crippen LogP contribution in [-0.4, -0.2) is 29.8 Å². The van der Waals surface area contributed by atoms with Crippen molar-refractivity contribution in [2.24, 2.45) is 0 Å². The Kier molecular flexibility index (Phi) is 3.44. The second-order valence-corrected chi connectivity index (χ2v) is 4.36. The summed E-state index contributed by atoms with van der Waals surface area (Å²) in [5.74, 6) is 0.702. The molecule has 1 aromatic rings. The monoisotopic (exact) mass is 213 g/mol. The number of aromatic nitrogens is 2. The van der Waals surface area contributed by atoms with Gasteiger partial charge in [0.15, 0.2) is 0 Å². The van der Waals surface area contributed by atoms with Gasteiger partial charge in [-0.25, -0.2) is 0 Å². The van der Waals surface area contributed by atoms with E-state index < -0.39 is 0 Å². The quantitative estimate of drug-likeness (QED) is 0.720. The van der Waals surface area contributed by atoms with Gasteiger partial charge in [0.05, 0.1) is 17.2 Å². The van der Waals surface area contributed by atoms with E-state index in [9.17, 15) is 0 Å².